The molecule has 0 aliphatic rings. The molecule has 0 atom stereocenters. The molecule has 0 spiro atoms. The molecule has 2 heteroatoms. The first-order valence-electron chi connectivity index (χ1n) is 9.41. The van der Waals surface area contributed by atoms with Gasteiger partial charge in [-0.25, -0.2) is 0 Å². The zero-order valence-corrected chi connectivity index (χ0v) is 16.3. The third-order valence-electron chi connectivity index (χ3n) is 4.26. The summed E-state index contributed by atoms with van der Waals surface area (Å²) in [5, 5.41) is 0. The third kappa shape index (κ3) is 5.49. The van der Waals surface area contributed by atoms with Gasteiger partial charge in [-0.2, -0.15) is 0 Å². The number of hydrogen-bond acceptors (Lipinski definition) is 2. The smallest absolute Gasteiger partial charge is 0.0892 e. The average Bonchev–Trinajstić information content (AvgIpc) is 2.76. The lowest BCUT2D eigenvalue weighted by Crippen LogP contribution is -1.88. The Morgan fingerprint density at radius 1 is 0.679 bits per heavy atom. The summed E-state index contributed by atoms with van der Waals surface area (Å²) in [5.41, 5.74) is 6.27. The molecule has 0 radical (unpaired) electrons. The quantitative estimate of drug-likeness (QED) is 0.447. The Bertz CT molecular complexity index is 1030. The molecule has 2 nitrogen and oxygen atoms in total. The monoisotopic (exact) mass is 364 g/mol. The Balaban J connectivity index is 1.82. The van der Waals surface area contributed by atoms with E-state index in [0.29, 0.717) is 0 Å². The van der Waals surface area contributed by atoms with Crippen molar-refractivity contribution in [1.29, 1.82) is 0 Å². The fourth-order valence-electron chi connectivity index (χ4n) is 2.77. The lowest BCUT2D eigenvalue weighted by atomic mass is 10.1. The summed E-state index contributed by atoms with van der Waals surface area (Å²) in [6.07, 6.45) is 18.3. The number of benzene rings is 1. The lowest BCUT2D eigenvalue weighted by Gasteiger charge is -2.03. The summed E-state index contributed by atoms with van der Waals surface area (Å²) in [4.78, 5) is 9.01. The van der Waals surface area contributed by atoms with Gasteiger partial charge in [-0.15, -0.1) is 0 Å². The van der Waals surface area contributed by atoms with Crippen molar-refractivity contribution < 1.29 is 0 Å². The first kappa shape index (κ1) is 19.2. The second kappa shape index (κ2) is 9.98. The SMILES string of the molecule is C\C=C/C(/C=C/c1ccnc(-c2cc(/C=C/c3ccccc3)ccn2)c1)=C\C. The summed E-state index contributed by atoms with van der Waals surface area (Å²) in [6, 6.07) is 18.4. The highest BCUT2D eigenvalue weighted by Gasteiger charge is 2.02. The molecule has 0 saturated heterocycles. The summed E-state index contributed by atoms with van der Waals surface area (Å²) < 4.78 is 0. The third-order valence-corrected chi connectivity index (χ3v) is 4.26. The number of rotatable bonds is 6. The van der Waals surface area contributed by atoms with Crippen molar-refractivity contribution in [2.75, 3.05) is 0 Å². The van der Waals surface area contributed by atoms with Gasteiger partial charge in [0.2, 0.25) is 0 Å². The Labute approximate surface area is 167 Å². The van der Waals surface area contributed by atoms with Crippen molar-refractivity contribution in [2.24, 2.45) is 0 Å². The Hall–Kier alpha value is -3.52. The van der Waals surface area contributed by atoms with Crippen molar-refractivity contribution in [3.05, 3.63) is 114 Å². The number of allylic oxidation sites excluding steroid dienone is 5. The molecule has 1 aromatic carbocycles. The van der Waals surface area contributed by atoms with Crippen LogP contribution in [0.3, 0.4) is 0 Å². The van der Waals surface area contributed by atoms with E-state index in [0.717, 1.165) is 22.5 Å². The van der Waals surface area contributed by atoms with Crippen LogP contribution in [0, 0.1) is 0 Å². The van der Waals surface area contributed by atoms with Crippen molar-refractivity contribution in [3.63, 3.8) is 0 Å². The highest BCUT2D eigenvalue weighted by Crippen LogP contribution is 2.19. The van der Waals surface area contributed by atoms with E-state index >= 15 is 0 Å². The Morgan fingerprint density at radius 3 is 1.89 bits per heavy atom. The normalized spacial score (nSPS) is 12.4. The molecular weight excluding hydrogens is 340 g/mol. The molecule has 28 heavy (non-hydrogen) atoms. The van der Waals surface area contributed by atoms with Crippen LogP contribution in [0.15, 0.2) is 96.9 Å². The molecule has 0 saturated carbocycles. The molecule has 3 rings (SSSR count). The maximum Gasteiger partial charge on any atom is 0.0892 e. The molecular formula is C26H24N2. The van der Waals surface area contributed by atoms with Crippen LogP contribution in [0.5, 0.6) is 0 Å². The van der Waals surface area contributed by atoms with E-state index in [9.17, 15) is 0 Å². The highest BCUT2D eigenvalue weighted by atomic mass is 14.8. The average molecular weight is 364 g/mol. The predicted octanol–water partition coefficient (Wildman–Crippen LogP) is 6.85. The van der Waals surface area contributed by atoms with E-state index in [1.54, 1.807) is 0 Å². The van der Waals surface area contributed by atoms with E-state index in [1.165, 1.54) is 11.1 Å². The zero-order chi connectivity index (χ0) is 19.6. The van der Waals surface area contributed by atoms with Crippen molar-refractivity contribution in [3.8, 4) is 11.4 Å². The summed E-state index contributed by atoms with van der Waals surface area (Å²) >= 11 is 0. The summed E-state index contributed by atoms with van der Waals surface area (Å²) in [6.45, 7) is 4.06. The van der Waals surface area contributed by atoms with E-state index in [-0.39, 0.29) is 0 Å². The number of aromatic nitrogens is 2. The molecule has 3 aromatic rings. The molecule has 0 fully saturated rings. The summed E-state index contributed by atoms with van der Waals surface area (Å²) in [7, 11) is 0. The highest BCUT2D eigenvalue weighted by molar-refractivity contribution is 5.72. The maximum absolute atomic E-state index is 4.50. The molecule has 0 bridgehead atoms. The lowest BCUT2D eigenvalue weighted by molar-refractivity contribution is 1.24. The molecule has 0 aliphatic heterocycles. The van der Waals surface area contributed by atoms with Gasteiger partial charge >= 0.3 is 0 Å². The van der Waals surface area contributed by atoms with Gasteiger partial charge in [0.15, 0.2) is 0 Å². The van der Waals surface area contributed by atoms with Crippen molar-refractivity contribution in [2.45, 2.75) is 13.8 Å². The molecule has 0 amide bonds. The van der Waals surface area contributed by atoms with Crippen LogP contribution in [0.1, 0.15) is 30.5 Å². The Kier molecular flexibility index (Phi) is 6.86. The minimum Gasteiger partial charge on any atom is -0.255 e. The molecule has 0 aliphatic carbocycles. The number of hydrogen-bond donors (Lipinski definition) is 0. The van der Waals surface area contributed by atoms with Gasteiger partial charge in [-0.1, -0.05) is 72.9 Å². The van der Waals surface area contributed by atoms with Gasteiger partial charge < -0.3 is 0 Å². The van der Waals surface area contributed by atoms with Gasteiger partial charge in [0, 0.05) is 12.4 Å². The van der Waals surface area contributed by atoms with E-state index in [4.69, 9.17) is 0 Å². The summed E-state index contributed by atoms with van der Waals surface area (Å²) in [5.74, 6) is 0. The molecule has 0 N–H and O–H groups in total. The minimum atomic E-state index is 0.866. The maximum atomic E-state index is 4.50. The predicted molar refractivity (Wildman–Crippen MR) is 120 cm³/mol. The first-order chi connectivity index (χ1) is 13.8. The minimum absolute atomic E-state index is 0.866. The van der Waals surface area contributed by atoms with E-state index in [2.05, 4.69) is 70.7 Å². The topological polar surface area (TPSA) is 25.8 Å². The van der Waals surface area contributed by atoms with Gasteiger partial charge in [0.05, 0.1) is 11.4 Å². The fourth-order valence-corrected chi connectivity index (χ4v) is 2.77. The molecule has 2 heterocycles. The second-order valence-corrected chi connectivity index (χ2v) is 6.31. The van der Waals surface area contributed by atoms with Crippen LogP contribution in [0.25, 0.3) is 29.6 Å². The van der Waals surface area contributed by atoms with Crippen LogP contribution in [-0.2, 0) is 0 Å². The van der Waals surface area contributed by atoms with Gasteiger partial charge in [0.25, 0.3) is 0 Å². The number of nitrogens with zero attached hydrogens (tertiary/aromatic N) is 2. The zero-order valence-electron chi connectivity index (χ0n) is 16.3. The van der Waals surface area contributed by atoms with E-state index in [1.807, 2.05) is 62.6 Å². The van der Waals surface area contributed by atoms with Crippen LogP contribution < -0.4 is 0 Å². The van der Waals surface area contributed by atoms with Gasteiger partial charge in [0.1, 0.15) is 0 Å². The Morgan fingerprint density at radius 2 is 1.29 bits per heavy atom. The van der Waals surface area contributed by atoms with Crippen LogP contribution in [0.2, 0.25) is 0 Å². The largest absolute Gasteiger partial charge is 0.255 e. The molecule has 2 aromatic heterocycles. The van der Waals surface area contributed by atoms with Crippen molar-refractivity contribution >= 4 is 18.2 Å². The number of pyridine rings is 2. The molecule has 138 valence electrons. The van der Waals surface area contributed by atoms with Crippen molar-refractivity contribution in [1.82, 2.24) is 9.97 Å². The van der Waals surface area contributed by atoms with Crippen LogP contribution in [0.4, 0.5) is 0 Å². The molecule has 0 unspecified atom stereocenters. The van der Waals surface area contributed by atoms with Gasteiger partial charge in [-0.3, -0.25) is 9.97 Å². The standard InChI is InChI=1S/C26H24N2/c1-3-8-21(4-2)11-13-23-15-17-27-25(19-23)26-20-24(16-18-28-26)14-12-22-9-6-5-7-10-22/h3-20H,1-2H3/b8-3-,13-11+,14-12+,21-4+. The van der Waals surface area contributed by atoms with Crippen LogP contribution >= 0.6 is 0 Å². The first-order valence-corrected chi connectivity index (χ1v) is 9.41. The van der Waals surface area contributed by atoms with E-state index < -0.39 is 0 Å². The van der Waals surface area contributed by atoms with Crippen LogP contribution in [-0.4, -0.2) is 9.97 Å². The van der Waals surface area contributed by atoms with Gasteiger partial charge in [-0.05, 0) is 60.4 Å². The fraction of sp³-hybridized carbons (Fsp3) is 0.0769. The second-order valence-electron chi connectivity index (χ2n) is 6.31.